The molecule has 4 rings (SSSR count). The van der Waals surface area contributed by atoms with Gasteiger partial charge in [-0.05, 0) is 37.1 Å². The van der Waals surface area contributed by atoms with E-state index in [4.69, 9.17) is 0 Å². The van der Waals surface area contributed by atoms with Gasteiger partial charge in [-0.1, -0.05) is 12.1 Å². The predicted molar refractivity (Wildman–Crippen MR) is 90.4 cm³/mol. The van der Waals surface area contributed by atoms with Crippen molar-refractivity contribution in [1.29, 1.82) is 0 Å². The number of aromatic nitrogens is 4. The van der Waals surface area contributed by atoms with Gasteiger partial charge in [-0.2, -0.15) is 5.10 Å². The van der Waals surface area contributed by atoms with Gasteiger partial charge >= 0.3 is 0 Å². The van der Waals surface area contributed by atoms with Crippen LogP contribution in [0.25, 0.3) is 10.9 Å². The van der Waals surface area contributed by atoms with E-state index in [1.807, 2.05) is 30.3 Å². The second kappa shape index (κ2) is 6.16. The zero-order chi connectivity index (χ0) is 15.5. The fourth-order valence-electron chi connectivity index (χ4n) is 3.08. The van der Waals surface area contributed by atoms with E-state index in [0.29, 0.717) is 6.04 Å². The van der Waals surface area contributed by atoms with Crippen molar-refractivity contribution in [2.24, 2.45) is 0 Å². The average Bonchev–Trinajstić information content (AvgIpc) is 2.63. The summed E-state index contributed by atoms with van der Waals surface area (Å²) in [5, 5.41) is 12.8. The van der Waals surface area contributed by atoms with E-state index in [1.54, 1.807) is 12.5 Å². The Morgan fingerprint density at radius 3 is 2.96 bits per heavy atom. The molecule has 116 valence electrons. The summed E-state index contributed by atoms with van der Waals surface area (Å²) >= 11 is 0. The number of benzene rings is 1. The summed E-state index contributed by atoms with van der Waals surface area (Å²) in [5.41, 5.74) is 0.964. The lowest BCUT2D eigenvalue weighted by molar-refractivity contribution is 0.524. The van der Waals surface area contributed by atoms with Gasteiger partial charge < -0.3 is 10.2 Å². The van der Waals surface area contributed by atoms with Gasteiger partial charge in [-0.3, -0.25) is 0 Å². The van der Waals surface area contributed by atoms with Gasteiger partial charge in [-0.25, -0.2) is 9.97 Å². The third kappa shape index (κ3) is 2.92. The highest BCUT2D eigenvalue weighted by molar-refractivity contribution is 5.88. The summed E-state index contributed by atoms with van der Waals surface area (Å²) in [4.78, 5) is 11.0. The van der Waals surface area contributed by atoms with Gasteiger partial charge in [0.25, 0.3) is 0 Å². The highest BCUT2D eigenvalue weighted by Gasteiger charge is 2.21. The molecule has 0 radical (unpaired) electrons. The normalized spacial score (nSPS) is 18.1. The van der Waals surface area contributed by atoms with Crippen molar-refractivity contribution >= 4 is 22.5 Å². The number of piperidine rings is 1. The third-order valence-electron chi connectivity index (χ3n) is 4.19. The van der Waals surface area contributed by atoms with E-state index < -0.39 is 0 Å². The minimum atomic E-state index is 0.337. The van der Waals surface area contributed by atoms with Gasteiger partial charge in [0.2, 0.25) is 0 Å². The predicted octanol–water partition coefficient (Wildman–Crippen LogP) is 2.50. The molecule has 6 nitrogen and oxygen atoms in total. The lowest BCUT2D eigenvalue weighted by Gasteiger charge is -2.34. The smallest absolute Gasteiger partial charge is 0.151 e. The van der Waals surface area contributed by atoms with Crippen LogP contribution < -0.4 is 10.2 Å². The summed E-state index contributed by atoms with van der Waals surface area (Å²) in [6.07, 6.45) is 5.57. The van der Waals surface area contributed by atoms with Crippen LogP contribution in [-0.2, 0) is 0 Å². The van der Waals surface area contributed by atoms with Crippen LogP contribution in [0.1, 0.15) is 12.8 Å². The average molecular weight is 306 g/mol. The number of rotatable bonds is 3. The molecule has 23 heavy (non-hydrogen) atoms. The van der Waals surface area contributed by atoms with Gasteiger partial charge in [0, 0.05) is 30.7 Å². The largest absolute Gasteiger partial charge is 0.365 e. The highest BCUT2D eigenvalue weighted by Crippen LogP contribution is 2.23. The quantitative estimate of drug-likeness (QED) is 0.802. The molecule has 0 unspecified atom stereocenters. The summed E-state index contributed by atoms with van der Waals surface area (Å²) in [5.74, 6) is 1.84. The van der Waals surface area contributed by atoms with E-state index in [2.05, 4.69) is 36.4 Å². The van der Waals surface area contributed by atoms with Crippen LogP contribution in [0.2, 0.25) is 0 Å². The molecule has 2 aromatic heterocycles. The van der Waals surface area contributed by atoms with Crippen molar-refractivity contribution in [3.8, 4) is 0 Å². The summed E-state index contributed by atoms with van der Waals surface area (Å²) in [6, 6.07) is 12.4. The molecule has 1 saturated heterocycles. The molecule has 1 atom stereocenters. The molecule has 0 saturated carbocycles. The molecule has 0 aliphatic carbocycles. The lowest BCUT2D eigenvalue weighted by atomic mass is 10.1. The Kier molecular flexibility index (Phi) is 3.71. The van der Waals surface area contributed by atoms with Gasteiger partial charge in [0.1, 0.15) is 12.1 Å². The minimum absolute atomic E-state index is 0.337. The Hall–Kier alpha value is -2.76. The maximum atomic E-state index is 4.43. The molecular formula is C17H18N6. The fourth-order valence-corrected chi connectivity index (χ4v) is 3.08. The molecular weight excluding hydrogens is 288 g/mol. The van der Waals surface area contributed by atoms with Crippen LogP contribution in [-0.4, -0.2) is 39.3 Å². The van der Waals surface area contributed by atoms with Crippen LogP contribution in [0.5, 0.6) is 0 Å². The lowest BCUT2D eigenvalue weighted by Crippen LogP contribution is -2.42. The Morgan fingerprint density at radius 2 is 2.04 bits per heavy atom. The van der Waals surface area contributed by atoms with Crippen molar-refractivity contribution < 1.29 is 0 Å². The fraction of sp³-hybridized carbons (Fsp3) is 0.294. The first kappa shape index (κ1) is 13.9. The van der Waals surface area contributed by atoms with E-state index in [0.717, 1.165) is 48.5 Å². The molecule has 0 spiro atoms. The topological polar surface area (TPSA) is 66.8 Å². The maximum absolute atomic E-state index is 4.43. The molecule has 6 heteroatoms. The first-order chi connectivity index (χ1) is 11.4. The molecule has 1 aliphatic heterocycles. The van der Waals surface area contributed by atoms with Crippen LogP contribution in [0.3, 0.4) is 0 Å². The Labute approximate surface area is 134 Å². The number of para-hydroxylation sites is 1. The van der Waals surface area contributed by atoms with Crippen molar-refractivity contribution in [3.05, 3.63) is 48.9 Å². The minimum Gasteiger partial charge on any atom is -0.365 e. The molecule has 1 fully saturated rings. The Balaban J connectivity index is 1.54. The second-order valence-corrected chi connectivity index (χ2v) is 5.75. The summed E-state index contributed by atoms with van der Waals surface area (Å²) in [6.45, 7) is 1.92. The molecule has 0 bridgehead atoms. The van der Waals surface area contributed by atoms with Crippen LogP contribution >= 0.6 is 0 Å². The molecule has 3 aromatic rings. The van der Waals surface area contributed by atoms with Crippen molar-refractivity contribution in [2.45, 2.75) is 18.9 Å². The van der Waals surface area contributed by atoms with Gasteiger partial charge in [-0.15, -0.1) is 5.10 Å². The van der Waals surface area contributed by atoms with Crippen LogP contribution in [0.15, 0.2) is 48.9 Å². The SMILES string of the molecule is c1cnnc(N2CCC[C@H](Nc3ncnc4ccccc34)C2)c1. The van der Waals surface area contributed by atoms with Gasteiger partial charge in [0.15, 0.2) is 5.82 Å². The zero-order valence-corrected chi connectivity index (χ0v) is 12.8. The highest BCUT2D eigenvalue weighted by atomic mass is 15.3. The van der Waals surface area contributed by atoms with Crippen LogP contribution in [0.4, 0.5) is 11.6 Å². The van der Waals surface area contributed by atoms with Gasteiger partial charge in [0.05, 0.1) is 5.52 Å². The number of nitrogens with zero attached hydrogens (tertiary/aromatic N) is 5. The van der Waals surface area contributed by atoms with E-state index in [9.17, 15) is 0 Å². The maximum Gasteiger partial charge on any atom is 0.151 e. The first-order valence-corrected chi connectivity index (χ1v) is 7.89. The number of hydrogen-bond acceptors (Lipinski definition) is 6. The number of fused-ring (bicyclic) bond motifs is 1. The van der Waals surface area contributed by atoms with E-state index in [-0.39, 0.29) is 0 Å². The number of nitrogens with one attached hydrogen (secondary N) is 1. The van der Waals surface area contributed by atoms with Crippen molar-refractivity contribution in [1.82, 2.24) is 20.2 Å². The Bertz CT molecular complexity index is 786. The van der Waals surface area contributed by atoms with Crippen molar-refractivity contribution in [2.75, 3.05) is 23.3 Å². The molecule has 1 aromatic carbocycles. The molecule has 1 aliphatic rings. The van der Waals surface area contributed by atoms with Crippen LogP contribution in [0, 0.1) is 0 Å². The molecule has 0 amide bonds. The molecule has 3 heterocycles. The number of hydrogen-bond donors (Lipinski definition) is 1. The second-order valence-electron chi connectivity index (χ2n) is 5.75. The standard InChI is InChI=1S/C17H18N6/c1-2-7-15-14(6-1)17(19-12-18-15)21-13-5-4-10-23(11-13)16-8-3-9-20-22-16/h1-3,6-9,12-13H,4-5,10-11H2,(H,18,19,21)/t13-/m0/s1. The van der Waals surface area contributed by atoms with Crippen molar-refractivity contribution in [3.63, 3.8) is 0 Å². The first-order valence-electron chi connectivity index (χ1n) is 7.89. The van der Waals surface area contributed by atoms with E-state index >= 15 is 0 Å². The Morgan fingerprint density at radius 1 is 1.09 bits per heavy atom. The number of anilines is 2. The summed E-state index contributed by atoms with van der Waals surface area (Å²) in [7, 11) is 0. The zero-order valence-electron chi connectivity index (χ0n) is 12.8. The summed E-state index contributed by atoms with van der Waals surface area (Å²) < 4.78 is 0. The third-order valence-corrected chi connectivity index (χ3v) is 4.19. The monoisotopic (exact) mass is 306 g/mol. The molecule has 1 N–H and O–H groups in total. The van der Waals surface area contributed by atoms with E-state index in [1.165, 1.54) is 0 Å².